The van der Waals surface area contributed by atoms with Crippen molar-refractivity contribution in [3.8, 4) is 0 Å². The molecule has 7 heteroatoms. The minimum atomic E-state index is -0.380. The van der Waals surface area contributed by atoms with Crippen LogP contribution in [0.5, 0.6) is 0 Å². The number of amides is 2. The lowest BCUT2D eigenvalue weighted by molar-refractivity contribution is -0.122. The van der Waals surface area contributed by atoms with E-state index in [0.717, 1.165) is 12.8 Å². The summed E-state index contributed by atoms with van der Waals surface area (Å²) in [5.41, 5.74) is 0.842. The van der Waals surface area contributed by atoms with Gasteiger partial charge in [0, 0.05) is 9.65 Å². The molecule has 2 amide bonds. The van der Waals surface area contributed by atoms with Crippen LogP contribution in [0.1, 0.15) is 63.2 Å². The summed E-state index contributed by atoms with van der Waals surface area (Å²) >= 11 is 7.24. The number of carbonyl (C=O) groups excluding carboxylic acids is 3. The second kappa shape index (κ2) is 9.57. The number of alkyl halides is 2. The quantitative estimate of drug-likeness (QED) is 0.264. The van der Waals surface area contributed by atoms with Gasteiger partial charge in [0.2, 0.25) is 11.8 Å². The zero-order valence-corrected chi connectivity index (χ0v) is 22.0. The van der Waals surface area contributed by atoms with Gasteiger partial charge in [-0.2, -0.15) is 0 Å². The second-order valence-corrected chi connectivity index (χ2v) is 12.4. The summed E-state index contributed by atoms with van der Waals surface area (Å²) in [6.07, 6.45) is 4.26. The number of carbonyl (C=O) groups is 3. The van der Waals surface area contributed by atoms with Gasteiger partial charge in [0.1, 0.15) is 6.10 Å². The van der Waals surface area contributed by atoms with Crippen LogP contribution in [0.25, 0.3) is 0 Å². The zero-order valence-electron chi connectivity index (χ0n) is 18.8. The van der Waals surface area contributed by atoms with Crippen LogP contribution >= 0.6 is 31.9 Å². The number of fused-ring (bicyclic) bond motifs is 1. The average Bonchev–Trinajstić information content (AvgIpc) is 2.98. The van der Waals surface area contributed by atoms with Crippen molar-refractivity contribution in [3.05, 3.63) is 29.8 Å². The predicted molar refractivity (Wildman–Crippen MR) is 131 cm³/mol. The molecule has 0 aromatic heterocycles. The Labute approximate surface area is 206 Å². The van der Waals surface area contributed by atoms with Gasteiger partial charge in [-0.25, -0.2) is 4.79 Å². The first-order chi connectivity index (χ1) is 15.2. The fraction of sp³-hybridized carbons (Fsp3) is 0.640. The summed E-state index contributed by atoms with van der Waals surface area (Å²) in [6.45, 7) is 6.57. The molecule has 1 heterocycles. The Hall–Kier alpha value is -1.21. The number of benzene rings is 1. The Balaban J connectivity index is 1.53. The standard InChI is InChI=1S/C25H31Br2NO4/c1-13(2)17-8-7-14(3)9-22(17)32-25(31)15-5-4-6-16(10-15)28-23(29)18-11-20(26)21(27)12-19(18)24(28)30/h4-6,10,13-14,17-22H,7-9,11-12H2,1-3H3/t14-,17-,18-,19-,20+,21+,22-/m1/s1. The van der Waals surface area contributed by atoms with Gasteiger partial charge in [-0.3, -0.25) is 14.5 Å². The third-order valence-corrected chi connectivity index (χ3v) is 10.2. The number of esters is 1. The van der Waals surface area contributed by atoms with Crippen molar-refractivity contribution < 1.29 is 19.1 Å². The van der Waals surface area contributed by atoms with E-state index in [1.165, 1.54) is 11.3 Å². The maximum atomic E-state index is 13.1. The number of hydrogen-bond donors (Lipinski definition) is 0. The van der Waals surface area contributed by atoms with Crippen molar-refractivity contribution >= 4 is 55.3 Å². The van der Waals surface area contributed by atoms with E-state index in [1.807, 2.05) is 0 Å². The number of nitrogens with zero attached hydrogens (tertiary/aromatic N) is 1. The molecule has 0 unspecified atom stereocenters. The van der Waals surface area contributed by atoms with Crippen LogP contribution in [0.2, 0.25) is 0 Å². The summed E-state index contributed by atoms with van der Waals surface area (Å²) in [6, 6.07) is 6.77. The summed E-state index contributed by atoms with van der Waals surface area (Å²) in [5.74, 6) is -0.00349. The van der Waals surface area contributed by atoms with E-state index in [0.29, 0.717) is 41.8 Å². The van der Waals surface area contributed by atoms with Gasteiger partial charge in [0.05, 0.1) is 23.1 Å². The van der Waals surface area contributed by atoms with Crippen molar-refractivity contribution in [2.75, 3.05) is 4.90 Å². The molecule has 7 atom stereocenters. The smallest absolute Gasteiger partial charge is 0.338 e. The number of halogens is 2. The van der Waals surface area contributed by atoms with E-state index in [1.54, 1.807) is 24.3 Å². The van der Waals surface area contributed by atoms with Crippen molar-refractivity contribution in [1.82, 2.24) is 0 Å². The van der Waals surface area contributed by atoms with Crippen LogP contribution in [-0.2, 0) is 14.3 Å². The Morgan fingerprint density at radius 3 is 2.25 bits per heavy atom. The Morgan fingerprint density at radius 1 is 1.03 bits per heavy atom. The highest BCUT2D eigenvalue weighted by atomic mass is 79.9. The number of rotatable bonds is 4. The normalized spacial score (nSPS) is 35.2. The largest absolute Gasteiger partial charge is 0.458 e. The monoisotopic (exact) mass is 567 g/mol. The Bertz CT molecular complexity index is 876. The SMILES string of the molecule is CC(C)[C@H]1CC[C@@H](C)C[C@H]1OC(=O)c1cccc(N2C(=O)[C@@H]3C[C@H](Br)[C@@H](Br)C[C@H]3C2=O)c1. The first-order valence-electron chi connectivity index (χ1n) is 11.6. The molecule has 32 heavy (non-hydrogen) atoms. The highest BCUT2D eigenvalue weighted by Gasteiger charge is 2.52. The Kier molecular flexibility index (Phi) is 7.16. The number of hydrogen-bond acceptors (Lipinski definition) is 4. The molecule has 174 valence electrons. The van der Waals surface area contributed by atoms with Crippen LogP contribution < -0.4 is 4.90 Å². The molecule has 1 aromatic carbocycles. The van der Waals surface area contributed by atoms with Gasteiger partial charge in [-0.1, -0.05) is 65.1 Å². The summed E-state index contributed by atoms with van der Waals surface area (Å²) in [7, 11) is 0. The van der Waals surface area contributed by atoms with E-state index in [9.17, 15) is 14.4 Å². The van der Waals surface area contributed by atoms with Gasteiger partial charge in [0.25, 0.3) is 0 Å². The van der Waals surface area contributed by atoms with Crippen LogP contribution in [0, 0.1) is 29.6 Å². The first-order valence-corrected chi connectivity index (χ1v) is 13.5. The predicted octanol–water partition coefficient (Wildman–Crippen LogP) is 5.73. The molecule has 1 saturated heterocycles. The molecule has 3 aliphatic rings. The lowest BCUT2D eigenvalue weighted by Gasteiger charge is -2.36. The van der Waals surface area contributed by atoms with Crippen molar-refractivity contribution in [2.45, 2.75) is 68.6 Å². The molecule has 3 fully saturated rings. The van der Waals surface area contributed by atoms with Gasteiger partial charge in [-0.15, -0.1) is 0 Å². The van der Waals surface area contributed by atoms with E-state index in [4.69, 9.17) is 4.74 Å². The zero-order chi connectivity index (χ0) is 23.2. The van der Waals surface area contributed by atoms with E-state index >= 15 is 0 Å². The number of anilines is 1. The lowest BCUT2D eigenvalue weighted by Crippen LogP contribution is -2.36. The van der Waals surface area contributed by atoms with Gasteiger partial charge in [0.15, 0.2) is 0 Å². The number of imide groups is 1. The Morgan fingerprint density at radius 2 is 1.66 bits per heavy atom. The molecular weight excluding hydrogens is 538 g/mol. The molecule has 0 spiro atoms. The molecule has 4 rings (SSSR count). The molecule has 0 bridgehead atoms. The van der Waals surface area contributed by atoms with Crippen LogP contribution in [0.3, 0.4) is 0 Å². The lowest BCUT2D eigenvalue weighted by atomic mass is 9.75. The molecule has 2 aliphatic carbocycles. The van der Waals surface area contributed by atoms with Crippen LogP contribution in [-0.4, -0.2) is 33.5 Å². The van der Waals surface area contributed by atoms with Gasteiger partial charge >= 0.3 is 5.97 Å². The van der Waals surface area contributed by atoms with Gasteiger partial charge in [-0.05, 0) is 61.6 Å². The minimum Gasteiger partial charge on any atom is -0.458 e. The fourth-order valence-corrected chi connectivity index (χ4v) is 6.81. The minimum absolute atomic E-state index is 0.0976. The summed E-state index contributed by atoms with van der Waals surface area (Å²) in [4.78, 5) is 40.8. The topological polar surface area (TPSA) is 63.7 Å². The summed E-state index contributed by atoms with van der Waals surface area (Å²) < 4.78 is 5.98. The summed E-state index contributed by atoms with van der Waals surface area (Å²) in [5, 5.41) is 0. The fourth-order valence-electron chi connectivity index (χ4n) is 5.58. The third kappa shape index (κ3) is 4.56. The highest BCUT2D eigenvalue weighted by Crippen LogP contribution is 2.44. The van der Waals surface area contributed by atoms with E-state index in [2.05, 4.69) is 52.6 Å². The molecule has 0 N–H and O–H groups in total. The molecule has 1 aromatic rings. The van der Waals surface area contributed by atoms with Crippen LogP contribution in [0.15, 0.2) is 24.3 Å². The third-order valence-electron chi connectivity index (χ3n) is 7.47. The van der Waals surface area contributed by atoms with Crippen LogP contribution in [0.4, 0.5) is 5.69 Å². The number of ether oxygens (including phenoxy) is 1. The highest BCUT2D eigenvalue weighted by molar-refractivity contribution is 9.12. The molecule has 2 saturated carbocycles. The van der Waals surface area contributed by atoms with Crippen molar-refractivity contribution in [3.63, 3.8) is 0 Å². The second-order valence-electron chi connectivity index (χ2n) is 10.0. The van der Waals surface area contributed by atoms with Gasteiger partial charge < -0.3 is 4.74 Å². The molecule has 0 radical (unpaired) electrons. The van der Waals surface area contributed by atoms with Crippen molar-refractivity contribution in [2.24, 2.45) is 29.6 Å². The first kappa shape index (κ1) is 23.9. The average molecular weight is 569 g/mol. The molecular formula is C25H31Br2NO4. The molecule has 5 nitrogen and oxygen atoms in total. The van der Waals surface area contributed by atoms with E-state index < -0.39 is 0 Å². The van der Waals surface area contributed by atoms with E-state index in [-0.39, 0.29) is 45.4 Å². The maximum Gasteiger partial charge on any atom is 0.338 e. The van der Waals surface area contributed by atoms with Crippen molar-refractivity contribution in [1.29, 1.82) is 0 Å². The maximum absolute atomic E-state index is 13.1. The molecule has 1 aliphatic heterocycles.